The van der Waals surface area contributed by atoms with Crippen LogP contribution >= 0.6 is 47.2 Å². The first-order valence-electron chi connectivity index (χ1n) is 10.7. The van der Waals surface area contributed by atoms with Crippen molar-refractivity contribution in [3.63, 3.8) is 0 Å². The standard InChI is InChI=1S/C26H20Cl2N2O3S2/c1-2-17-7-3-4-9-22(17)29-24(31)15-33-19-8-5-6-16(12-19)13-23-25(32)30(26(34)35-23)18-10-11-20(27)21(28)14-18/h3-14H,2,15H2,1H3,(H,29,31)/b23-13-. The van der Waals surface area contributed by atoms with Gasteiger partial charge in [-0.15, -0.1) is 0 Å². The second kappa shape index (κ2) is 11.3. The number of aryl methyl sites for hydroxylation is 1. The minimum absolute atomic E-state index is 0.138. The van der Waals surface area contributed by atoms with Crippen LogP contribution in [0.25, 0.3) is 6.08 Å². The van der Waals surface area contributed by atoms with E-state index in [-0.39, 0.29) is 18.4 Å². The van der Waals surface area contributed by atoms with Crippen LogP contribution in [0, 0.1) is 0 Å². The van der Waals surface area contributed by atoms with Crippen molar-refractivity contribution in [2.45, 2.75) is 13.3 Å². The van der Waals surface area contributed by atoms with Crippen molar-refractivity contribution in [2.75, 3.05) is 16.8 Å². The summed E-state index contributed by atoms with van der Waals surface area (Å²) < 4.78 is 6.08. The normalized spacial score (nSPS) is 14.5. The number of nitrogens with one attached hydrogen (secondary N) is 1. The summed E-state index contributed by atoms with van der Waals surface area (Å²) in [5, 5.41) is 3.62. The summed E-state index contributed by atoms with van der Waals surface area (Å²) in [7, 11) is 0. The van der Waals surface area contributed by atoms with Crippen molar-refractivity contribution in [3.8, 4) is 5.75 Å². The molecule has 1 N–H and O–H groups in total. The van der Waals surface area contributed by atoms with Crippen LogP contribution in [0.4, 0.5) is 11.4 Å². The zero-order chi connectivity index (χ0) is 24.9. The molecule has 0 unspecified atom stereocenters. The Labute approximate surface area is 223 Å². The third kappa shape index (κ3) is 6.05. The number of para-hydroxylation sites is 1. The third-order valence-electron chi connectivity index (χ3n) is 5.15. The summed E-state index contributed by atoms with van der Waals surface area (Å²) in [5.41, 5.74) is 3.13. The number of thiocarbonyl (C=S) groups is 1. The Hall–Kier alpha value is -2.84. The fourth-order valence-corrected chi connectivity index (χ4v) is 5.04. The van der Waals surface area contributed by atoms with E-state index < -0.39 is 0 Å². The summed E-state index contributed by atoms with van der Waals surface area (Å²) in [6.07, 6.45) is 2.55. The summed E-state index contributed by atoms with van der Waals surface area (Å²) in [6, 6.07) is 19.7. The number of nitrogens with zero attached hydrogens (tertiary/aromatic N) is 1. The zero-order valence-electron chi connectivity index (χ0n) is 18.6. The fourth-order valence-electron chi connectivity index (χ4n) is 3.45. The number of hydrogen-bond donors (Lipinski definition) is 1. The Bertz CT molecular complexity index is 1340. The first kappa shape index (κ1) is 25.3. The molecule has 9 heteroatoms. The molecule has 0 aromatic heterocycles. The summed E-state index contributed by atoms with van der Waals surface area (Å²) >= 11 is 18.7. The molecular formula is C26H20Cl2N2O3S2. The average molecular weight is 543 g/mol. The van der Waals surface area contributed by atoms with Crippen LogP contribution in [-0.2, 0) is 16.0 Å². The van der Waals surface area contributed by atoms with Gasteiger partial charge in [0.15, 0.2) is 10.9 Å². The molecule has 1 aliphatic heterocycles. The SMILES string of the molecule is CCc1ccccc1NC(=O)COc1cccc(/C=C2\SC(=S)N(c3ccc(Cl)c(Cl)c3)C2=O)c1. The van der Waals surface area contributed by atoms with Crippen molar-refractivity contribution in [1.82, 2.24) is 0 Å². The number of anilines is 2. The van der Waals surface area contributed by atoms with Crippen LogP contribution in [0.15, 0.2) is 71.6 Å². The van der Waals surface area contributed by atoms with Crippen LogP contribution in [0.1, 0.15) is 18.1 Å². The van der Waals surface area contributed by atoms with Gasteiger partial charge in [0.2, 0.25) is 0 Å². The van der Waals surface area contributed by atoms with E-state index in [9.17, 15) is 9.59 Å². The van der Waals surface area contributed by atoms with Gasteiger partial charge in [0.1, 0.15) is 5.75 Å². The molecule has 35 heavy (non-hydrogen) atoms. The maximum atomic E-state index is 13.0. The number of halogens is 2. The quantitative estimate of drug-likeness (QED) is 0.257. The molecular weight excluding hydrogens is 523 g/mol. The summed E-state index contributed by atoms with van der Waals surface area (Å²) in [5.74, 6) is 0.00937. The molecule has 0 saturated carbocycles. The smallest absolute Gasteiger partial charge is 0.270 e. The molecule has 0 spiro atoms. The first-order chi connectivity index (χ1) is 16.9. The van der Waals surface area contributed by atoms with Gasteiger partial charge in [-0.05, 0) is 60.0 Å². The minimum atomic E-state index is -0.251. The number of rotatable bonds is 7. The zero-order valence-corrected chi connectivity index (χ0v) is 21.7. The molecule has 4 rings (SSSR count). The van der Waals surface area contributed by atoms with Crippen molar-refractivity contribution < 1.29 is 14.3 Å². The van der Waals surface area contributed by atoms with Gasteiger partial charge in [-0.1, -0.05) is 84.4 Å². The van der Waals surface area contributed by atoms with Crippen molar-refractivity contribution in [3.05, 3.63) is 92.8 Å². The molecule has 3 aromatic rings. The number of amides is 2. The van der Waals surface area contributed by atoms with Crippen LogP contribution in [-0.4, -0.2) is 22.7 Å². The highest BCUT2D eigenvalue weighted by Crippen LogP contribution is 2.38. The van der Waals surface area contributed by atoms with Gasteiger partial charge in [0.25, 0.3) is 11.8 Å². The van der Waals surface area contributed by atoms with E-state index in [2.05, 4.69) is 5.32 Å². The predicted octanol–water partition coefficient (Wildman–Crippen LogP) is 6.98. The molecule has 0 aliphatic carbocycles. The Morgan fingerprint density at radius 3 is 2.66 bits per heavy atom. The van der Waals surface area contributed by atoms with Crippen LogP contribution in [0.2, 0.25) is 10.0 Å². The Kier molecular flexibility index (Phi) is 8.13. The van der Waals surface area contributed by atoms with Crippen LogP contribution in [0.5, 0.6) is 5.75 Å². The molecule has 0 bridgehead atoms. The van der Waals surface area contributed by atoms with Crippen molar-refractivity contribution in [2.24, 2.45) is 0 Å². The van der Waals surface area contributed by atoms with Crippen LogP contribution < -0.4 is 15.0 Å². The lowest BCUT2D eigenvalue weighted by molar-refractivity contribution is -0.118. The Morgan fingerprint density at radius 1 is 1.09 bits per heavy atom. The van der Waals surface area contributed by atoms with Gasteiger partial charge in [0.05, 0.1) is 20.6 Å². The van der Waals surface area contributed by atoms with Crippen LogP contribution in [0.3, 0.4) is 0 Å². The highest BCUT2D eigenvalue weighted by atomic mass is 35.5. The molecule has 1 heterocycles. The number of carbonyl (C=O) groups excluding carboxylic acids is 2. The number of hydrogen-bond acceptors (Lipinski definition) is 5. The molecule has 1 aliphatic rings. The molecule has 1 fully saturated rings. The third-order valence-corrected chi connectivity index (χ3v) is 7.19. The maximum Gasteiger partial charge on any atom is 0.270 e. The number of carbonyl (C=O) groups is 2. The lowest BCUT2D eigenvalue weighted by Gasteiger charge is -2.15. The van der Waals surface area contributed by atoms with Gasteiger partial charge >= 0.3 is 0 Å². The number of ether oxygens (including phenoxy) is 1. The van der Waals surface area contributed by atoms with E-state index in [4.69, 9.17) is 40.2 Å². The van der Waals surface area contributed by atoms with E-state index in [1.54, 1.807) is 42.5 Å². The fraction of sp³-hybridized carbons (Fsp3) is 0.115. The molecule has 178 valence electrons. The van der Waals surface area contributed by atoms with Gasteiger partial charge < -0.3 is 10.1 Å². The highest BCUT2D eigenvalue weighted by molar-refractivity contribution is 8.27. The Balaban J connectivity index is 1.43. The molecule has 2 amide bonds. The highest BCUT2D eigenvalue weighted by Gasteiger charge is 2.33. The van der Waals surface area contributed by atoms with Gasteiger partial charge in [-0.25, -0.2) is 0 Å². The summed E-state index contributed by atoms with van der Waals surface area (Å²) in [6.45, 7) is 1.90. The molecule has 0 atom stereocenters. The number of thioether (sulfide) groups is 1. The topological polar surface area (TPSA) is 58.6 Å². The summed E-state index contributed by atoms with van der Waals surface area (Å²) in [4.78, 5) is 27.3. The van der Waals surface area contributed by atoms with Crippen molar-refractivity contribution in [1.29, 1.82) is 0 Å². The second-order valence-corrected chi connectivity index (χ2v) is 10.0. The van der Waals surface area contributed by atoms with Gasteiger partial charge in [-0.3, -0.25) is 14.5 Å². The number of benzene rings is 3. The molecule has 3 aromatic carbocycles. The molecule has 0 radical (unpaired) electrons. The Morgan fingerprint density at radius 2 is 1.89 bits per heavy atom. The maximum absolute atomic E-state index is 13.0. The van der Waals surface area contributed by atoms with Gasteiger partial charge in [-0.2, -0.15) is 0 Å². The second-order valence-electron chi connectivity index (χ2n) is 7.54. The predicted molar refractivity (Wildman–Crippen MR) is 149 cm³/mol. The lowest BCUT2D eigenvalue weighted by Crippen LogP contribution is -2.27. The van der Waals surface area contributed by atoms with Gasteiger partial charge in [0, 0.05) is 5.69 Å². The molecule has 5 nitrogen and oxygen atoms in total. The largest absolute Gasteiger partial charge is 0.484 e. The van der Waals surface area contributed by atoms with E-state index in [0.29, 0.717) is 30.7 Å². The minimum Gasteiger partial charge on any atom is -0.484 e. The van der Waals surface area contributed by atoms with E-state index >= 15 is 0 Å². The average Bonchev–Trinajstić information content (AvgIpc) is 3.12. The lowest BCUT2D eigenvalue weighted by atomic mass is 10.1. The first-order valence-corrected chi connectivity index (χ1v) is 12.7. The monoisotopic (exact) mass is 542 g/mol. The van der Waals surface area contributed by atoms with E-state index in [1.807, 2.05) is 37.3 Å². The molecule has 1 saturated heterocycles. The van der Waals surface area contributed by atoms with Crippen molar-refractivity contribution >= 4 is 80.8 Å². The van der Waals surface area contributed by atoms with E-state index in [0.717, 1.165) is 23.2 Å². The van der Waals surface area contributed by atoms with E-state index in [1.165, 1.54) is 16.7 Å².